The molecule has 0 aromatic carbocycles. The van der Waals surface area contributed by atoms with E-state index in [-0.39, 0.29) is 11.5 Å². The SMILES string of the molecule is CCOc1ccc(NS(=O)(=O)c2cc(CO)sc2C)cn1. The largest absolute Gasteiger partial charge is 0.478 e. The molecule has 0 radical (unpaired) electrons. The summed E-state index contributed by atoms with van der Waals surface area (Å²) < 4.78 is 32.3. The summed E-state index contributed by atoms with van der Waals surface area (Å²) in [5.74, 6) is 0.440. The average molecular weight is 328 g/mol. The number of aromatic nitrogens is 1. The van der Waals surface area contributed by atoms with E-state index >= 15 is 0 Å². The molecule has 0 saturated carbocycles. The van der Waals surface area contributed by atoms with Gasteiger partial charge in [-0.15, -0.1) is 11.3 Å². The predicted octanol–water partition coefficient (Wildman–Crippen LogP) is 2.14. The third-order valence-electron chi connectivity index (χ3n) is 2.65. The highest BCUT2D eigenvalue weighted by molar-refractivity contribution is 7.93. The molecule has 114 valence electrons. The van der Waals surface area contributed by atoms with Crippen molar-refractivity contribution in [3.8, 4) is 5.88 Å². The third kappa shape index (κ3) is 3.72. The molecule has 8 heteroatoms. The van der Waals surface area contributed by atoms with E-state index in [2.05, 4.69) is 9.71 Å². The van der Waals surface area contributed by atoms with Crippen LogP contribution >= 0.6 is 11.3 Å². The second-order valence-electron chi connectivity index (χ2n) is 4.21. The maximum Gasteiger partial charge on any atom is 0.263 e. The molecule has 2 heterocycles. The van der Waals surface area contributed by atoms with Crippen LogP contribution in [0.4, 0.5) is 5.69 Å². The molecule has 0 unspecified atom stereocenters. The van der Waals surface area contributed by atoms with Gasteiger partial charge < -0.3 is 9.84 Å². The summed E-state index contributed by atoms with van der Waals surface area (Å²) in [4.78, 5) is 5.41. The van der Waals surface area contributed by atoms with Gasteiger partial charge in [0.1, 0.15) is 4.90 Å². The highest BCUT2D eigenvalue weighted by Crippen LogP contribution is 2.27. The molecule has 0 spiro atoms. The molecule has 6 nitrogen and oxygen atoms in total. The number of aryl methyl sites for hydroxylation is 1. The predicted molar refractivity (Wildman–Crippen MR) is 81.2 cm³/mol. The van der Waals surface area contributed by atoms with E-state index in [0.29, 0.717) is 27.9 Å². The maximum atomic E-state index is 12.3. The van der Waals surface area contributed by atoms with Gasteiger partial charge in [-0.3, -0.25) is 4.72 Å². The Labute approximate surface area is 127 Å². The van der Waals surface area contributed by atoms with Gasteiger partial charge >= 0.3 is 0 Å². The van der Waals surface area contributed by atoms with Gasteiger partial charge in [0.05, 0.1) is 25.1 Å². The molecule has 2 aromatic heterocycles. The molecule has 0 amide bonds. The molecule has 2 N–H and O–H groups in total. The summed E-state index contributed by atoms with van der Waals surface area (Å²) >= 11 is 1.26. The summed E-state index contributed by atoms with van der Waals surface area (Å²) in [6, 6.07) is 4.66. The van der Waals surface area contributed by atoms with E-state index in [1.54, 1.807) is 19.1 Å². The van der Waals surface area contributed by atoms with Gasteiger partial charge in [-0.1, -0.05) is 0 Å². The minimum absolute atomic E-state index is 0.172. The zero-order valence-corrected chi connectivity index (χ0v) is 13.3. The lowest BCUT2D eigenvalue weighted by Crippen LogP contribution is -2.13. The third-order valence-corrected chi connectivity index (χ3v) is 5.32. The second-order valence-corrected chi connectivity index (χ2v) is 7.21. The van der Waals surface area contributed by atoms with Crippen LogP contribution in [0.5, 0.6) is 5.88 Å². The quantitative estimate of drug-likeness (QED) is 0.848. The van der Waals surface area contributed by atoms with Gasteiger partial charge in [0.25, 0.3) is 10.0 Å². The first-order valence-electron chi connectivity index (χ1n) is 6.28. The van der Waals surface area contributed by atoms with Crippen molar-refractivity contribution in [1.29, 1.82) is 0 Å². The Kier molecular flexibility index (Phi) is 4.81. The van der Waals surface area contributed by atoms with Crippen LogP contribution in [0.25, 0.3) is 0 Å². The molecule has 2 aromatic rings. The minimum Gasteiger partial charge on any atom is -0.478 e. The van der Waals surface area contributed by atoms with Crippen LogP contribution in [0.15, 0.2) is 29.3 Å². The average Bonchev–Trinajstić information content (AvgIpc) is 2.83. The van der Waals surface area contributed by atoms with Crippen LogP contribution in [0.2, 0.25) is 0 Å². The number of rotatable bonds is 6. The highest BCUT2D eigenvalue weighted by Gasteiger charge is 2.20. The first kappa shape index (κ1) is 15.7. The number of nitrogens with zero attached hydrogens (tertiary/aromatic N) is 1. The Morgan fingerprint density at radius 3 is 2.71 bits per heavy atom. The number of ether oxygens (including phenoxy) is 1. The topological polar surface area (TPSA) is 88.5 Å². The van der Waals surface area contributed by atoms with E-state index in [1.807, 2.05) is 6.92 Å². The maximum absolute atomic E-state index is 12.3. The number of hydrogen-bond donors (Lipinski definition) is 2. The standard InChI is InChI=1S/C13H16N2O4S2/c1-3-19-13-5-4-10(7-14-13)15-21(17,18)12-6-11(8-16)20-9(12)2/h4-7,15-16H,3,8H2,1-2H3. The lowest BCUT2D eigenvalue weighted by atomic mass is 10.4. The van der Waals surface area contributed by atoms with Crippen LogP contribution in [0.1, 0.15) is 16.7 Å². The Morgan fingerprint density at radius 2 is 2.19 bits per heavy atom. The molecular formula is C13H16N2O4S2. The smallest absolute Gasteiger partial charge is 0.263 e. The number of sulfonamides is 1. The number of aliphatic hydroxyl groups excluding tert-OH is 1. The molecular weight excluding hydrogens is 312 g/mol. The van der Waals surface area contributed by atoms with E-state index in [1.165, 1.54) is 23.6 Å². The minimum atomic E-state index is -3.69. The van der Waals surface area contributed by atoms with Crippen molar-refractivity contribution >= 4 is 27.0 Å². The van der Waals surface area contributed by atoms with Crippen molar-refractivity contribution in [2.24, 2.45) is 0 Å². The summed E-state index contributed by atoms with van der Waals surface area (Å²) in [6.07, 6.45) is 1.40. The van der Waals surface area contributed by atoms with Crippen molar-refractivity contribution in [1.82, 2.24) is 4.98 Å². The van der Waals surface area contributed by atoms with Gasteiger partial charge in [0, 0.05) is 15.8 Å². The molecule has 0 aliphatic carbocycles. The summed E-state index contributed by atoms with van der Waals surface area (Å²) in [5, 5.41) is 9.08. The lowest BCUT2D eigenvalue weighted by molar-refractivity contribution is 0.285. The van der Waals surface area contributed by atoms with Crippen molar-refractivity contribution in [3.05, 3.63) is 34.2 Å². The normalized spacial score (nSPS) is 11.4. The zero-order chi connectivity index (χ0) is 15.5. The Morgan fingerprint density at radius 1 is 1.43 bits per heavy atom. The van der Waals surface area contributed by atoms with Gasteiger partial charge in [0.2, 0.25) is 5.88 Å². The first-order valence-corrected chi connectivity index (χ1v) is 8.58. The Hall–Kier alpha value is -1.64. The van der Waals surface area contributed by atoms with Crippen LogP contribution < -0.4 is 9.46 Å². The van der Waals surface area contributed by atoms with Gasteiger partial charge in [-0.2, -0.15) is 0 Å². The lowest BCUT2D eigenvalue weighted by Gasteiger charge is -2.08. The summed E-state index contributed by atoms with van der Waals surface area (Å²) in [5.41, 5.74) is 0.356. The van der Waals surface area contributed by atoms with Crippen molar-refractivity contribution < 1.29 is 18.3 Å². The first-order chi connectivity index (χ1) is 9.96. The monoisotopic (exact) mass is 328 g/mol. The molecule has 0 fully saturated rings. The number of nitrogens with one attached hydrogen (secondary N) is 1. The van der Waals surface area contributed by atoms with E-state index in [9.17, 15) is 8.42 Å². The van der Waals surface area contributed by atoms with Crippen LogP contribution in [-0.2, 0) is 16.6 Å². The number of thiophene rings is 1. The molecule has 0 saturated heterocycles. The van der Waals surface area contributed by atoms with Crippen LogP contribution in [0.3, 0.4) is 0 Å². The fraction of sp³-hybridized carbons (Fsp3) is 0.308. The van der Waals surface area contributed by atoms with Gasteiger partial charge in [0.15, 0.2) is 0 Å². The van der Waals surface area contributed by atoms with Gasteiger partial charge in [-0.05, 0) is 26.0 Å². The summed E-state index contributed by atoms with van der Waals surface area (Å²) in [6.45, 7) is 3.87. The molecule has 21 heavy (non-hydrogen) atoms. The van der Waals surface area contributed by atoms with Crippen molar-refractivity contribution in [2.45, 2.75) is 25.3 Å². The number of hydrogen-bond acceptors (Lipinski definition) is 6. The molecule has 2 rings (SSSR count). The second kappa shape index (κ2) is 6.42. The number of anilines is 1. The van der Waals surface area contributed by atoms with Crippen LogP contribution in [-0.4, -0.2) is 25.1 Å². The number of pyridine rings is 1. The molecule has 0 aliphatic rings. The Bertz CT molecular complexity index is 708. The Balaban J connectivity index is 2.22. The van der Waals surface area contributed by atoms with E-state index in [4.69, 9.17) is 9.84 Å². The van der Waals surface area contributed by atoms with Crippen molar-refractivity contribution in [3.63, 3.8) is 0 Å². The zero-order valence-electron chi connectivity index (χ0n) is 11.7. The van der Waals surface area contributed by atoms with E-state index < -0.39 is 10.0 Å². The summed E-state index contributed by atoms with van der Waals surface area (Å²) in [7, 11) is -3.69. The van der Waals surface area contributed by atoms with Crippen LogP contribution in [0, 0.1) is 6.92 Å². The number of aliphatic hydroxyl groups is 1. The molecule has 0 atom stereocenters. The van der Waals surface area contributed by atoms with E-state index in [0.717, 1.165) is 0 Å². The fourth-order valence-electron chi connectivity index (χ4n) is 1.75. The molecule has 0 bridgehead atoms. The fourth-order valence-corrected chi connectivity index (χ4v) is 4.29. The molecule has 0 aliphatic heterocycles. The highest BCUT2D eigenvalue weighted by atomic mass is 32.2. The van der Waals surface area contributed by atoms with Gasteiger partial charge in [-0.25, -0.2) is 13.4 Å². The van der Waals surface area contributed by atoms with Crippen molar-refractivity contribution in [2.75, 3.05) is 11.3 Å².